The average Bonchev–Trinajstić information content (AvgIpc) is 2.53. The summed E-state index contributed by atoms with van der Waals surface area (Å²) in [6.45, 7) is 5.39. The molecule has 0 saturated heterocycles. The monoisotopic (exact) mass is 347 g/mol. The second kappa shape index (κ2) is 7.62. The zero-order valence-electron chi connectivity index (χ0n) is 12.8. The summed E-state index contributed by atoms with van der Waals surface area (Å²) in [6, 6.07) is 17.1. The van der Waals surface area contributed by atoms with Crippen LogP contribution in [-0.2, 0) is 0 Å². The lowest BCUT2D eigenvalue weighted by atomic mass is 10.0. The van der Waals surface area contributed by atoms with E-state index in [1.54, 1.807) is 7.11 Å². The van der Waals surface area contributed by atoms with E-state index in [-0.39, 0.29) is 0 Å². The molecule has 0 aliphatic heterocycles. The van der Waals surface area contributed by atoms with Gasteiger partial charge in [0, 0.05) is 12.6 Å². The summed E-state index contributed by atoms with van der Waals surface area (Å²) in [5.74, 6) is 1.36. The first-order chi connectivity index (χ1) is 10.1. The Morgan fingerprint density at radius 2 is 1.76 bits per heavy atom. The van der Waals surface area contributed by atoms with Gasteiger partial charge in [-0.05, 0) is 52.0 Å². The molecule has 0 radical (unpaired) electrons. The van der Waals surface area contributed by atoms with Crippen LogP contribution in [0.4, 0.5) is 0 Å². The van der Waals surface area contributed by atoms with Crippen molar-refractivity contribution in [2.24, 2.45) is 0 Å². The highest BCUT2D eigenvalue weighted by Crippen LogP contribution is 2.28. The van der Waals surface area contributed by atoms with Crippen LogP contribution in [0.1, 0.15) is 36.9 Å². The van der Waals surface area contributed by atoms with Gasteiger partial charge in [-0.25, -0.2) is 0 Å². The van der Waals surface area contributed by atoms with Crippen molar-refractivity contribution in [3.63, 3.8) is 0 Å². The standard InChI is InChI=1S/C18H22BrNO/c1-13(15-7-5-4-6-8-15)12-20-14(2)16-9-10-18(21-3)17(19)11-16/h4-11,13-14,20H,12H2,1-3H3. The third kappa shape index (κ3) is 4.32. The van der Waals surface area contributed by atoms with Crippen molar-refractivity contribution in [2.45, 2.75) is 25.8 Å². The van der Waals surface area contributed by atoms with Crippen LogP contribution in [-0.4, -0.2) is 13.7 Å². The van der Waals surface area contributed by atoms with E-state index in [0.29, 0.717) is 12.0 Å². The number of benzene rings is 2. The van der Waals surface area contributed by atoms with E-state index < -0.39 is 0 Å². The molecule has 1 N–H and O–H groups in total. The highest BCUT2D eigenvalue weighted by atomic mass is 79.9. The fraction of sp³-hybridized carbons (Fsp3) is 0.333. The number of hydrogen-bond donors (Lipinski definition) is 1. The van der Waals surface area contributed by atoms with Crippen LogP contribution >= 0.6 is 15.9 Å². The van der Waals surface area contributed by atoms with Gasteiger partial charge in [-0.1, -0.05) is 43.3 Å². The van der Waals surface area contributed by atoms with Gasteiger partial charge >= 0.3 is 0 Å². The van der Waals surface area contributed by atoms with Gasteiger partial charge < -0.3 is 10.1 Å². The number of ether oxygens (including phenoxy) is 1. The highest BCUT2D eigenvalue weighted by molar-refractivity contribution is 9.10. The Balaban J connectivity index is 1.95. The van der Waals surface area contributed by atoms with E-state index in [1.807, 2.05) is 6.07 Å². The Morgan fingerprint density at radius 3 is 2.38 bits per heavy atom. The summed E-state index contributed by atoms with van der Waals surface area (Å²) >= 11 is 3.54. The molecule has 0 bridgehead atoms. The molecule has 3 heteroatoms. The van der Waals surface area contributed by atoms with Crippen LogP contribution < -0.4 is 10.1 Å². The van der Waals surface area contributed by atoms with Crippen LogP contribution in [0, 0.1) is 0 Å². The van der Waals surface area contributed by atoms with Crippen molar-refractivity contribution in [1.82, 2.24) is 5.32 Å². The van der Waals surface area contributed by atoms with E-state index in [0.717, 1.165) is 16.8 Å². The van der Waals surface area contributed by atoms with Crippen LogP contribution in [0.15, 0.2) is 53.0 Å². The molecule has 0 aromatic heterocycles. The first kappa shape index (κ1) is 16.1. The molecular weight excluding hydrogens is 326 g/mol. The number of halogens is 1. The Kier molecular flexibility index (Phi) is 5.83. The van der Waals surface area contributed by atoms with Gasteiger partial charge in [0.05, 0.1) is 11.6 Å². The normalized spacial score (nSPS) is 13.7. The van der Waals surface area contributed by atoms with E-state index in [1.165, 1.54) is 11.1 Å². The maximum absolute atomic E-state index is 5.27. The second-order valence-corrected chi connectivity index (χ2v) is 6.19. The van der Waals surface area contributed by atoms with Crippen molar-refractivity contribution in [2.75, 3.05) is 13.7 Å². The fourth-order valence-electron chi connectivity index (χ4n) is 2.32. The quantitative estimate of drug-likeness (QED) is 0.801. The Hall–Kier alpha value is -1.32. The van der Waals surface area contributed by atoms with Crippen LogP contribution in [0.2, 0.25) is 0 Å². The van der Waals surface area contributed by atoms with E-state index in [4.69, 9.17) is 4.74 Å². The third-order valence-corrected chi connectivity index (χ3v) is 4.39. The molecule has 0 aliphatic carbocycles. The molecule has 112 valence electrons. The van der Waals surface area contributed by atoms with Gasteiger partial charge in [-0.3, -0.25) is 0 Å². The number of nitrogens with one attached hydrogen (secondary N) is 1. The Morgan fingerprint density at radius 1 is 1.05 bits per heavy atom. The van der Waals surface area contributed by atoms with Crippen molar-refractivity contribution < 1.29 is 4.74 Å². The molecule has 0 fully saturated rings. The Bertz CT molecular complexity index is 571. The molecular formula is C18H22BrNO. The minimum atomic E-state index is 0.304. The number of hydrogen-bond acceptors (Lipinski definition) is 2. The van der Waals surface area contributed by atoms with Gasteiger partial charge in [-0.2, -0.15) is 0 Å². The van der Waals surface area contributed by atoms with Gasteiger partial charge in [0.2, 0.25) is 0 Å². The molecule has 2 unspecified atom stereocenters. The van der Waals surface area contributed by atoms with Crippen molar-refractivity contribution in [1.29, 1.82) is 0 Å². The maximum atomic E-state index is 5.27. The van der Waals surface area contributed by atoms with Crippen molar-refractivity contribution in [3.8, 4) is 5.75 Å². The largest absolute Gasteiger partial charge is 0.496 e. The molecule has 0 heterocycles. The molecule has 0 aliphatic rings. The van der Waals surface area contributed by atoms with Crippen molar-refractivity contribution >= 4 is 15.9 Å². The molecule has 2 rings (SSSR count). The van der Waals surface area contributed by atoms with E-state index in [9.17, 15) is 0 Å². The summed E-state index contributed by atoms with van der Waals surface area (Å²) < 4.78 is 6.26. The highest BCUT2D eigenvalue weighted by Gasteiger charge is 2.10. The Labute approximate surface area is 135 Å². The van der Waals surface area contributed by atoms with Gasteiger partial charge in [0.15, 0.2) is 0 Å². The lowest BCUT2D eigenvalue weighted by molar-refractivity contribution is 0.411. The van der Waals surface area contributed by atoms with Gasteiger partial charge in [0.1, 0.15) is 5.75 Å². The zero-order valence-corrected chi connectivity index (χ0v) is 14.4. The summed E-state index contributed by atoms with van der Waals surface area (Å²) in [4.78, 5) is 0. The summed E-state index contributed by atoms with van der Waals surface area (Å²) in [5, 5.41) is 3.60. The second-order valence-electron chi connectivity index (χ2n) is 5.34. The predicted octanol–water partition coefficient (Wildman–Crippen LogP) is 4.91. The SMILES string of the molecule is COc1ccc(C(C)NCC(C)c2ccccc2)cc1Br. The average molecular weight is 348 g/mol. The first-order valence-electron chi connectivity index (χ1n) is 7.23. The molecule has 0 amide bonds. The molecule has 0 spiro atoms. The molecule has 2 atom stereocenters. The molecule has 0 saturated carbocycles. The molecule has 2 nitrogen and oxygen atoms in total. The summed E-state index contributed by atoms with van der Waals surface area (Å²) in [7, 11) is 1.68. The lowest BCUT2D eigenvalue weighted by Gasteiger charge is -2.19. The smallest absolute Gasteiger partial charge is 0.133 e. The van der Waals surface area contributed by atoms with E-state index in [2.05, 4.69) is 77.6 Å². The van der Waals surface area contributed by atoms with Crippen LogP contribution in [0.25, 0.3) is 0 Å². The fourth-order valence-corrected chi connectivity index (χ4v) is 2.88. The van der Waals surface area contributed by atoms with Gasteiger partial charge in [0.25, 0.3) is 0 Å². The maximum Gasteiger partial charge on any atom is 0.133 e. The van der Waals surface area contributed by atoms with Crippen LogP contribution in [0.5, 0.6) is 5.75 Å². The zero-order chi connectivity index (χ0) is 15.2. The number of rotatable bonds is 6. The third-order valence-electron chi connectivity index (χ3n) is 3.77. The predicted molar refractivity (Wildman–Crippen MR) is 92.0 cm³/mol. The van der Waals surface area contributed by atoms with Crippen molar-refractivity contribution in [3.05, 3.63) is 64.1 Å². The lowest BCUT2D eigenvalue weighted by Crippen LogP contribution is -2.23. The topological polar surface area (TPSA) is 21.3 Å². The molecule has 2 aromatic rings. The minimum absolute atomic E-state index is 0.304. The molecule has 2 aromatic carbocycles. The number of methoxy groups -OCH3 is 1. The van der Waals surface area contributed by atoms with Crippen LogP contribution in [0.3, 0.4) is 0 Å². The van der Waals surface area contributed by atoms with Gasteiger partial charge in [-0.15, -0.1) is 0 Å². The van der Waals surface area contributed by atoms with E-state index >= 15 is 0 Å². The summed E-state index contributed by atoms with van der Waals surface area (Å²) in [5.41, 5.74) is 2.62. The first-order valence-corrected chi connectivity index (χ1v) is 8.03. The summed E-state index contributed by atoms with van der Waals surface area (Å²) in [6.07, 6.45) is 0. The minimum Gasteiger partial charge on any atom is -0.496 e. The molecule has 21 heavy (non-hydrogen) atoms.